The van der Waals surface area contributed by atoms with E-state index in [2.05, 4.69) is 10.1 Å². The van der Waals surface area contributed by atoms with Gasteiger partial charge in [0.1, 0.15) is 12.4 Å². The summed E-state index contributed by atoms with van der Waals surface area (Å²) in [4.78, 5) is 12.9. The van der Waals surface area contributed by atoms with Crippen molar-refractivity contribution in [2.75, 3.05) is 13.2 Å². The lowest BCUT2D eigenvalue weighted by Crippen LogP contribution is -2.41. The zero-order valence-corrected chi connectivity index (χ0v) is 24.5. The second-order valence-electron chi connectivity index (χ2n) is 11.7. The molecule has 3 aromatic carbocycles. The molecule has 0 unspecified atom stereocenters. The predicted molar refractivity (Wildman–Crippen MR) is 155 cm³/mol. The molecule has 0 aromatic heterocycles. The number of alkyl carbamates (subject to hydrolysis) is 1. The summed E-state index contributed by atoms with van der Waals surface area (Å²) in [6.07, 6.45) is -10.3. The highest BCUT2D eigenvalue weighted by molar-refractivity contribution is 6.56. The van der Waals surface area contributed by atoms with Crippen LogP contribution in [0, 0.1) is 0 Å². The van der Waals surface area contributed by atoms with E-state index in [9.17, 15) is 26.7 Å². The minimum atomic E-state index is -5.86. The number of carbonyl (C=O) groups is 1. The van der Waals surface area contributed by atoms with Gasteiger partial charge in [0, 0.05) is 12.5 Å². The molecular weight excluding hydrogens is 584 g/mol. The number of amides is 1. The van der Waals surface area contributed by atoms with Crippen LogP contribution in [0.25, 0.3) is 17.2 Å². The van der Waals surface area contributed by atoms with E-state index in [4.69, 9.17) is 14.0 Å². The smallest absolute Gasteiger partial charge is 0.449 e. The van der Waals surface area contributed by atoms with Gasteiger partial charge in [0.15, 0.2) is 0 Å². The number of hydrogen-bond acceptors (Lipinski definition) is 5. The molecule has 1 aliphatic heterocycles. The van der Waals surface area contributed by atoms with Crippen molar-refractivity contribution < 1.29 is 45.5 Å². The summed E-state index contributed by atoms with van der Waals surface area (Å²) in [5.74, 6) is -0.796. The van der Waals surface area contributed by atoms with Crippen LogP contribution in [-0.4, -0.2) is 49.9 Å². The van der Waals surface area contributed by atoms with Crippen LogP contribution in [0.4, 0.5) is 26.7 Å². The van der Waals surface area contributed by atoms with Gasteiger partial charge in [-0.3, -0.25) is 0 Å². The highest BCUT2D eigenvalue weighted by atomic mass is 19.4. The van der Waals surface area contributed by atoms with Crippen LogP contribution in [0.15, 0.2) is 78.3 Å². The molecule has 3 aromatic rings. The summed E-state index contributed by atoms with van der Waals surface area (Å²) in [5, 5.41) is 2.73. The first kappa shape index (κ1) is 31.5. The van der Waals surface area contributed by atoms with Crippen molar-refractivity contribution in [2.45, 2.75) is 57.1 Å². The van der Waals surface area contributed by atoms with Gasteiger partial charge in [-0.25, -0.2) is 4.79 Å². The van der Waals surface area contributed by atoms with E-state index in [1.165, 1.54) is 12.1 Å². The van der Waals surface area contributed by atoms with E-state index in [-0.39, 0.29) is 19.1 Å². The summed E-state index contributed by atoms with van der Waals surface area (Å²) in [7, 11) is -0.889. The maximum absolute atomic E-state index is 13.3. The Kier molecular flexibility index (Phi) is 8.28. The average molecular weight is 615 g/mol. The third-order valence-corrected chi connectivity index (χ3v) is 8.14. The number of fused-ring (bicyclic) bond motifs is 3. The fourth-order valence-corrected chi connectivity index (χ4v) is 5.07. The summed E-state index contributed by atoms with van der Waals surface area (Å²) in [6, 6.07) is 20.5. The fraction of sp³-hybridized carbons (Fsp3) is 0.344. The van der Waals surface area contributed by atoms with Crippen molar-refractivity contribution in [3.05, 3.63) is 95.0 Å². The summed E-state index contributed by atoms with van der Waals surface area (Å²) >= 11 is 0. The molecule has 0 spiro atoms. The molecule has 0 radical (unpaired) electrons. The molecule has 12 heteroatoms. The normalized spacial score (nSPS) is 17.7. The lowest BCUT2D eigenvalue weighted by Gasteiger charge is -2.32. The van der Waals surface area contributed by atoms with Crippen LogP contribution in [0.1, 0.15) is 50.3 Å². The van der Waals surface area contributed by atoms with Gasteiger partial charge in [-0.2, -0.15) is 22.0 Å². The largest absolute Gasteiger partial charge is 0.499 e. The minimum absolute atomic E-state index is 0.0576. The van der Waals surface area contributed by atoms with Gasteiger partial charge < -0.3 is 24.1 Å². The standard InChI is InChI=1S/C32H31BF5NO5/c1-29(2)30(3,4)44-33(43-29)21(17-20-13-15-22(16-14-20)42-32(37,38)31(34,35)36)18-39-28(40)41-19-27-25-11-7-5-9-23(25)24-10-6-8-12-26(24)27/h5-17,27H,18-19H2,1-4H3,(H,39,40). The van der Waals surface area contributed by atoms with Crippen LogP contribution in [0.3, 0.4) is 0 Å². The first-order valence-corrected chi connectivity index (χ1v) is 14.0. The van der Waals surface area contributed by atoms with Gasteiger partial charge in [-0.15, -0.1) is 0 Å². The molecule has 1 fully saturated rings. The quantitative estimate of drug-likeness (QED) is 0.207. The molecule has 6 nitrogen and oxygen atoms in total. The molecule has 1 N–H and O–H groups in total. The van der Waals surface area contributed by atoms with Gasteiger partial charge in [-0.05, 0) is 73.1 Å². The molecule has 1 aliphatic carbocycles. The fourth-order valence-electron chi connectivity index (χ4n) is 5.07. The first-order chi connectivity index (χ1) is 20.6. The number of ether oxygens (including phenoxy) is 2. The molecule has 1 amide bonds. The van der Waals surface area contributed by atoms with Crippen molar-refractivity contribution in [1.29, 1.82) is 0 Å². The number of halogens is 5. The molecule has 1 heterocycles. The van der Waals surface area contributed by atoms with E-state index in [0.29, 0.717) is 11.0 Å². The predicted octanol–water partition coefficient (Wildman–Crippen LogP) is 7.77. The molecule has 0 atom stereocenters. The van der Waals surface area contributed by atoms with Crippen LogP contribution in [0.5, 0.6) is 5.75 Å². The third-order valence-electron chi connectivity index (χ3n) is 8.14. The number of carbonyl (C=O) groups excluding carboxylic acids is 1. The van der Waals surface area contributed by atoms with Gasteiger partial charge in [-0.1, -0.05) is 66.7 Å². The SMILES string of the molecule is CC1(C)OB(C(=Cc2ccc(OC(F)(F)C(F)(F)F)cc2)CNC(=O)OCC2c3ccccc3-c3ccccc32)OC1(C)C. The Morgan fingerprint density at radius 2 is 1.39 bits per heavy atom. The maximum Gasteiger partial charge on any atom is 0.499 e. The Morgan fingerprint density at radius 3 is 1.91 bits per heavy atom. The van der Waals surface area contributed by atoms with E-state index >= 15 is 0 Å². The number of benzene rings is 3. The monoisotopic (exact) mass is 615 g/mol. The van der Waals surface area contributed by atoms with E-state index in [1.807, 2.05) is 76.2 Å². The van der Waals surface area contributed by atoms with Crippen molar-refractivity contribution in [1.82, 2.24) is 5.32 Å². The zero-order valence-electron chi connectivity index (χ0n) is 24.5. The molecule has 232 valence electrons. The van der Waals surface area contributed by atoms with Crippen molar-refractivity contribution in [2.24, 2.45) is 0 Å². The van der Waals surface area contributed by atoms with Crippen molar-refractivity contribution >= 4 is 19.3 Å². The number of alkyl halides is 5. The average Bonchev–Trinajstić information content (AvgIpc) is 3.38. The Bertz CT molecular complexity index is 1490. The van der Waals surface area contributed by atoms with Crippen LogP contribution in [-0.2, 0) is 14.0 Å². The summed E-state index contributed by atoms with van der Waals surface area (Å²) in [5.41, 5.74) is 3.81. The number of nitrogens with one attached hydrogen (secondary N) is 1. The van der Waals surface area contributed by atoms with Crippen molar-refractivity contribution in [3.63, 3.8) is 0 Å². The number of hydrogen-bond donors (Lipinski definition) is 1. The van der Waals surface area contributed by atoms with E-state index in [0.717, 1.165) is 34.4 Å². The van der Waals surface area contributed by atoms with E-state index < -0.39 is 42.4 Å². The van der Waals surface area contributed by atoms with Crippen molar-refractivity contribution in [3.8, 4) is 16.9 Å². The van der Waals surface area contributed by atoms with E-state index in [1.54, 1.807) is 6.08 Å². The summed E-state index contributed by atoms with van der Waals surface area (Å²) in [6.45, 7) is 7.48. The topological polar surface area (TPSA) is 66.0 Å². The molecule has 44 heavy (non-hydrogen) atoms. The van der Waals surface area contributed by atoms with Crippen LogP contribution < -0.4 is 10.1 Å². The second-order valence-corrected chi connectivity index (χ2v) is 11.7. The minimum Gasteiger partial charge on any atom is -0.449 e. The zero-order chi connectivity index (χ0) is 31.9. The molecule has 1 saturated heterocycles. The highest BCUT2D eigenvalue weighted by Gasteiger charge is 2.61. The van der Waals surface area contributed by atoms with Gasteiger partial charge >= 0.3 is 25.5 Å². The van der Waals surface area contributed by atoms with Gasteiger partial charge in [0.2, 0.25) is 0 Å². The Morgan fingerprint density at radius 1 is 0.864 bits per heavy atom. The molecular formula is C32H31BF5NO5. The highest BCUT2D eigenvalue weighted by Crippen LogP contribution is 2.44. The Hall–Kier alpha value is -3.90. The van der Waals surface area contributed by atoms with Gasteiger partial charge in [0.05, 0.1) is 11.2 Å². The molecule has 0 saturated carbocycles. The number of rotatable bonds is 8. The molecule has 2 aliphatic rings. The molecule has 0 bridgehead atoms. The maximum atomic E-state index is 13.3. The lowest BCUT2D eigenvalue weighted by atomic mass is 9.77. The molecule has 5 rings (SSSR count). The van der Waals surface area contributed by atoms with Crippen LogP contribution >= 0.6 is 0 Å². The first-order valence-electron chi connectivity index (χ1n) is 14.0. The lowest BCUT2D eigenvalue weighted by molar-refractivity contribution is -0.360. The second kappa shape index (κ2) is 11.6. The van der Waals surface area contributed by atoms with Gasteiger partial charge in [0.25, 0.3) is 0 Å². The van der Waals surface area contributed by atoms with Crippen LogP contribution in [0.2, 0.25) is 0 Å². The Labute approximate surface area is 252 Å². The Balaban J connectivity index is 1.30. The third kappa shape index (κ3) is 6.32. The summed E-state index contributed by atoms with van der Waals surface area (Å²) < 4.78 is 86.0.